The van der Waals surface area contributed by atoms with Crippen LogP contribution < -0.4 is 0 Å². The van der Waals surface area contributed by atoms with E-state index in [2.05, 4.69) is 13.8 Å². The first kappa shape index (κ1) is 6.66. The summed E-state index contributed by atoms with van der Waals surface area (Å²) in [5, 5.41) is 0. The molecule has 0 amide bonds. The van der Waals surface area contributed by atoms with Crippen molar-refractivity contribution in [2.75, 3.05) is 6.61 Å². The van der Waals surface area contributed by atoms with E-state index in [0.717, 1.165) is 12.5 Å². The van der Waals surface area contributed by atoms with E-state index in [-0.39, 0.29) is 0 Å². The summed E-state index contributed by atoms with van der Waals surface area (Å²) in [5.74, 6) is 0.889. The lowest BCUT2D eigenvalue weighted by atomic mass is 9.78. The van der Waals surface area contributed by atoms with E-state index in [0.29, 0.717) is 11.5 Å². The Morgan fingerprint density at radius 1 is 1.40 bits per heavy atom. The first-order valence-electron chi connectivity index (χ1n) is 4.35. The predicted molar refractivity (Wildman–Crippen MR) is 40.9 cm³/mol. The van der Waals surface area contributed by atoms with Gasteiger partial charge in [-0.3, -0.25) is 0 Å². The third-order valence-corrected chi connectivity index (χ3v) is 3.68. The molecule has 1 saturated carbocycles. The number of fused-ring (bicyclic) bond motifs is 1. The SMILES string of the molecule is CC1CCC2OCCC12C. The van der Waals surface area contributed by atoms with Gasteiger partial charge in [-0.1, -0.05) is 13.8 Å². The van der Waals surface area contributed by atoms with Crippen molar-refractivity contribution >= 4 is 0 Å². The van der Waals surface area contributed by atoms with Crippen molar-refractivity contribution in [2.45, 2.75) is 39.2 Å². The van der Waals surface area contributed by atoms with Crippen LogP contribution in [0.25, 0.3) is 0 Å². The van der Waals surface area contributed by atoms with Crippen LogP contribution in [0.5, 0.6) is 0 Å². The van der Waals surface area contributed by atoms with Gasteiger partial charge in [0.1, 0.15) is 0 Å². The molecule has 58 valence electrons. The van der Waals surface area contributed by atoms with Crippen LogP contribution in [-0.2, 0) is 4.74 Å². The molecule has 0 N–H and O–H groups in total. The molecule has 0 spiro atoms. The van der Waals surface area contributed by atoms with Crippen LogP contribution in [0.4, 0.5) is 0 Å². The Hall–Kier alpha value is -0.0400. The van der Waals surface area contributed by atoms with E-state index in [1.165, 1.54) is 19.3 Å². The smallest absolute Gasteiger partial charge is 0.0632 e. The zero-order valence-electron chi connectivity index (χ0n) is 6.89. The Morgan fingerprint density at radius 2 is 2.20 bits per heavy atom. The zero-order valence-corrected chi connectivity index (χ0v) is 6.89. The topological polar surface area (TPSA) is 9.23 Å². The largest absolute Gasteiger partial charge is 0.378 e. The maximum atomic E-state index is 5.65. The van der Waals surface area contributed by atoms with Gasteiger partial charge in [-0.25, -0.2) is 0 Å². The van der Waals surface area contributed by atoms with Crippen LogP contribution in [0.3, 0.4) is 0 Å². The molecule has 3 atom stereocenters. The molecule has 0 aromatic carbocycles. The summed E-state index contributed by atoms with van der Waals surface area (Å²) in [6.45, 7) is 5.77. The second-order valence-electron chi connectivity index (χ2n) is 4.09. The van der Waals surface area contributed by atoms with Crippen LogP contribution in [0, 0.1) is 11.3 Å². The normalized spacial score (nSPS) is 53.4. The van der Waals surface area contributed by atoms with E-state index in [1.54, 1.807) is 0 Å². The van der Waals surface area contributed by atoms with Crippen LogP contribution >= 0.6 is 0 Å². The molecule has 3 unspecified atom stereocenters. The van der Waals surface area contributed by atoms with Gasteiger partial charge in [-0.15, -0.1) is 0 Å². The highest BCUT2D eigenvalue weighted by atomic mass is 16.5. The maximum absolute atomic E-state index is 5.65. The minimum absolute atomic E-state index is 0.542. The molecule has 10 heavy (non-hydrogen) atoms. The maximum Gasteiger partial charge on any atom is 0.0632 e. The Labute approximate surface area is 62.8 Å². The van der Waals surface area contributed by atoms with Gasteiger partial charge in [-0.05, 0) is 30.6 Å². The molecule has 2 fully saturated rings. The van der Waals surface area contributed by atoms with E-state index in [1.807, 2.05) is 0 Å². The lowest BCUT2D eigenvalue weighted by molar-refractivity contribution is 0.0679. The quantitative estimate of drug-likeness (QED) is 0.501. The van der Waals surface area contributed by atoms with Gasteiger partial charge in [0, 0.05) is 6.61 Å². The molecule has 0 radical (unpaired) electrons. The van der Waals surface area contributed by atoms with Gasteiger partial charge in [0.2, 0.25) is 0 Å². The third kappa shape index (κ3) is 0.672. The van der Waals surface area contributed by atoms with E-state index >= 15 is 0 Å². The molecule has 1 saturated heterocycles. The highest BCUT2D eigenvalue weighted by Crippen LogP contribution is 2.50. The minimum atomic E-state index is 0.542. The van der Waals surface area contributed by atoms with Gasteiger partial charge in [-0.2, -0.15) is 0 Å². The fraction of sp³-hybridized carbons (Fsp3) is 1.00. The standard InChI is InChI=1S/C9H16O/c1-7-3-4-8-9(7,2)5-6-10-8/h7-8H,3-6H2,1-2H3. The van der Waals surface area contributed by atoms with E-state index in [4.69, 9.17) is 4.74 Å². The third-order valence-electron chi connectivity index (χ3n) is 3.68. The molecule has 2 aliphatic rings. The summed E-state index contributed by atoms with van der Waals surface area (Å²) in [6.07, 6.45) is 4.57. The van der Waals surface area contributed by atoms with Crippen molar-refractivity contribution in [2.24, 2.45) is 11.3 Å². The van der Waals surface area contributed by atoms with Gasteiger partial charge >= 0.3 is 0 Å². The van der Waals surface area contributed by atoms with Crippen LogP contribution in [0.1, 0.15) is 33.1 Å². The molecular formula is C9H16O. The molecule has 1 nitrogen and oxygen atoms in total. The molecule has 0 aromatic heterocycles. The van der Waals surface area contributed by atoms with Crippen molar-refractivity contribution < 1.29 is 4.74 Å². The van der Waals surface area contributed by atoms with Crippen molar-refractivity contribution in [1.82, 2.24) is 0 Å². The highest BCUT2D eigenvalue weighted by Gasteiger charge is 2.48. The lowest BCUT2D eigenvalue weighted by Gasteiger charge is -2.26. The van der Waals surface area contributed by atoms with Crippen LogP contribution in [0.2, 0.25) is 0 Å². The lowest BCUT2D eigenvalue weighted by Crippen LogP contribution is -2.26. The summed E-state index contributed by atoms with van der Waals surface area (Å²) in [5.41, 5.74) is 0.542. The fourth-order valence-electron chi connectivity index (χ4n) is 2.48. The molecule has 2 rings (SSSR count). The fourth-order valence-corrected chi connectivity index (χ4v) is 2.48. The number of rotatable bonds is 0. The summed E-state index contributed by atoms with van der Waals surface area (Å²) in [4.78, 5) is 0. The van der Waals surface area contributed by atoms with E-state index in [9.17, 15) is 0 Å². The summed E-state index contributed by atoms with van der Waals surface area (Å²) < 4.78 is 5.65. The van der Waals surface area contributed by atoms with Gasteiger partial charge in [0.15, 0.2) is 0 Å². The summed E-state index contributed by atoms with van der Waals surface area (Å²) >= 11 is 0. The zero-order chi connectivity index (χ0) is 7.19. The molecule has 1 heterocycles. The Balaban J connectivity index is 2.21. The average Bonchev–Trinajstić information content (AvgIpc) is 2.36. The number of hydrogen-bond donors (Lipinski definition) is 0. The summed E-state index contributed by atoms with van der Waals surface area (Å²) in [6, 6.07) is 0. The Bertz CT molecular complexity index is 144. The van der Waals surface area contributed by atoms with Gasteiger partial charge < -0.3 is 4.74 Å². The molecule has 1 aliphatic heterocycles. The predicted octanol–water partition coefficient (Wildman–Crippen LogP) is 2.21. The van der Waals surface area contributed by atoms with Crippen LogP contribution in [0.15, 0.2) is 0 Å². The highest BCUT2D eigenvalue weighted by molar-refractivity contribution is 4.97. The molecular weight excluding hydrogens is 124 g/mol. The van der Waals surface area contributed by atoms with Crippen molar-refractivity contribution in [3.63, 3.8) is 0 Å². The molecule has 0 aromatic rings. The van der Waals surface area contributed by atoms with Gasteiger partial charge in [0.05, 0.1) is 6.10 Å². The van der Waals surface area contributed by atoms with Crippen LogP contribution in [-0.4, -0.2) is 12.7 Å². The second kappa shape index (κ2) is 1.97. The van der Waals surface area contributed by atoms with E-state index < -0.39 is 0 Å². The summed E-state index contributed by atoms with van der Waals surface area (Å²) in [7, 11) is 0. The van der Waals surface area contributed by atoms with Gasteiger partial charge in [0.25, 0.3) is 0 Å². The monoisotopic (exact) mass is 140 g/mol. The van der Waals surface area contributed by atoms with Crippen molar-refractivity contribution in [3.8, 4) is 0 Å². The van der Waals surface area contributed by atoms with Crippen molar-refractivity contribution in [1.29, 1.82) is 0 Å². The second-order valence-corrected chi connectivity index (χ2v) is 4.09. The molecule has 1 heteroatoms. The number of ether oxygens (including phenoxy) is 1. The minimum Gasteiger partial charge on any atom is -0.378 e. The number of hydrogen-bond acceptors (Lipinski definition) is 1. The first-order valence-corrected chi connectivity index (χ1v) is 4.35. The first-order chi connectivity index (χ1) is 4.73. The Morgan fingerprint density at radius 3 is 2.90 bits per heavy atom. The molecule has 1 aliphatic carbocycles. The molecule has 0 bridgehead atoms. The van der Waals surface area contributed by atoms with Crippen molar-refractivity contribution in [3.05, 3.63) is 0 Å². The Kier molecular flexibility index (Phi) is 1.31. The average molecular weight is 140 g/mol.